The van der Waals surface area contributed by atoms with Gasteiger partial charge in [0, 0.05) is 6.54 Å². The van der Waals surface area contributed by atoms with Crippen molar-refractivity contribution in [1.82, 2.24) is 25.0 Å². The van der Waals surface area contributed by atoms with E-state index < -0.39 is 5.60 Å². The second-order valence-corrected chi connectivity index (χ2v) is 7.60. The van der Waals surface area contributed by atoms with Gasteiger partial charge in [0.25, 0.3) is 5.89 Å². The van der Waals surface area contributed by atoms with Crippen molar-refractivity contribution in [2.24, 2.45) is 0 Å². The molecule has 9 nitrogen and oxygen atoms in total. The zero-order valence-electron chi connectivity index (χ0n) is 15.4. The number of H-pyrrole nitrogens is 2. The Morgan fingerprint density at radius 2 is 2.15 bits per heavy atom. The van der Waals surface area contributed by atoms with Crippen molar-refractivity contribution in [3.05, 3.63) is 34.5 Å². The Labute approximate surface area is 154 Å². The number of ether oxygens (including phenoxy) is 1. The Kier molecular flexibility index (Phi) is 4.01. The van der Waals surface area contributed by atoms with Crippen molar-refractivity contribution in [2.75, 3.05) is 6.54 Å². The van der Waals surface area contributed by atoms with Crippen LogP contribution >= 0.6 is 0 Å². The van der Waals surface area contributed by atoms with Crippen molar-refractivity contribution >= 4 is 17.1 Å². The topological polar surface area (TPSA) is 117 Å². The number of likely N-dealkylation sites (tertiary alicyclic amines) is 1. The van der Waals surface area contributed by atoms with Crippen LogP contribution in [-0.2, 0) is 4.74 Å². The lowest BCUT2D eigenvalue weighted by atomic mass is 10.2. The molecular formula is C18H21N5O4. The third kappa shape index (κ3) is 3.32. The first-order chi connectivity index (χ1) is 12.8. The fourth-order valence-electron chi connectivity index (χ4n) is 3.29. The molecule has 1 aromatic carbocycles. The summed E-state index contributed by atoms with van der Waals surface area (Å²) in [5.74, 6) is 0.727. The van der Waals surface area contributed by atoms with Gasteiger partial charge < -0.3 is 19.2 Å². The number of nitrogens with zero attached hydrogens (tertiary/aromatic N) is 3. The van der Waals surface area contributed by atoms with Crippen LogP contribution in [0.15, 0.2) is 27.5 Å². The molecule has 3 aromatic rings. The first kappa shape index (κ1) is 17.3. The number of hydrogen-bond donors (Lipinski definition) is 2. The van der Waals surface area contributed by atoms with E-state index in [0.29, 0.717) is 34.9 Å². The highest BCUT2D eigenvalue weighted by atomic mass is 16.6. The molecule has 1 atom stereocenters. The molecule has 2 N–H and O–H groups in total. The number of amides is 1. The van der Waals surface area contributed by atoms with Crippen LogP contribution in [0.25, 0.3) is 22.5 Å². The molecular weight excluding hydrogens is 350 g/mol. The molecule has 4 rings (SSSR count). The molecule has 3 heterocycles. The summed E-state index contributed by atoms with van der Waals surface area (Å²) in [5, 5.41) is 4.08. The van der Waals surface area contributed by atoms with Crippen LogP contribution in [0.5, 0.6) is 0 Å². The third-order valence-electron chi connectivity index (χ3n) is 4.40. The summed E-state index contributed by atoms with van der Waals surface area (Å²) >= 11 is 0. The lowest BCUT2D eigenvalue weighted by Gasteiger charge is -2.27. The van der Waals surface area contributed by atoms with Gasteiger partial charge in [-0.1, -0.05) is 11.2 Å². The average molecular weight is 371 g/mol. The first-order valence-electron chi connectivity index (χ1n) is 8.86. The minimum atomic E-state index is -0.567. The van der Waals surface area contributed by atoms with Crippen molar-refractivity contribution in [2.45, 2.75) is 45.3 Å². The predicted octanol–water partition coefficient (Wildman–Crippen LogP) is 2.98. The van der Waals surface area contributed by atoms with E-state index in [1.807, 2.05) is 20.8 Å². The molecule has 0 bridgehead atoms. The summed E-state index contributed by atoms with van der Waals surface area (Å²) in [6, 6.07) is 5.09. The second-order valence-electron chi connectivity index (χ2n) is 7.60. The first-order valence-corrected chi connectivity index (χ1v) is 8.86. The van der Waals surface area contributed by atoms with Crippen molar-refractivity contribution in [3.8, 4) is 11.5 Å². The van der Waals surface area contributed by atoms with Crippen LogP contribution in [0, 0.1) is 0 Å². The molecule has 1 amide bonds. The van der Waals surface area contributed by atoms with E-state index in [2.05, 4.69) is 20.1 Å². The predicted molar refractivity (Wildman–Crippen MR) is 97.1 cm³/mol. The number of carbonyl (C=O) groups excluding carboxylic acids is 1. The molecule has 0 aliphatic carbocycles. The van der Waals surface area contributed by atoms with Crippen molar-refractivity contribution in [1.29, 1.82) is 0 Å². The van der Waals surface area contributed by atoms with E-state index in [4.69, 9.17) is 9.26 Å². The van der Waals surface area contributed by atoms with E-state index in [1.165, 1.54) is 0 Å². The number of hydrogen-bond acceptors (Lipinski definition) is 6. The fourth-order valence-corrected chi connectivity index (χ4v) is 3.29. The maximum atomic E-state index is 12.5. The van der Waals surface area contributed by atoms with Crippen molar-refractivity contribution < 1.29 is 14.1 Å². The largest absolute Gasteiger partial charge is 0.444 e. The van der Waals surface area contributed by atoms with Crippen LogP contribution < -0.4 is 5.69 Å². The summed E-state index contributed by atoms with van der Waals surface area (Å²) in [7, 11) is 0. The molecule has 0 saturated carbocycles. The quantitative estimate of drug-likeness (QED) is 0.715. The van der Waals surface area contributed by atoms with Gasteiger partial charge in [0.15, 0.2) is 5.82 Å². The number of para-hydroxylation sites is 1. The highest BCUT2D eigenvalue weighted by molar-refractivity contribution is 5.89. The zero-order chi connectivity index (χ0) is 19.2. The van der Waals surface area contributed by atoms with Gasteiger partial charge in [-0.25, -0.2) is 9.59 Å². The maximum Gasteiger partial charge on any atom is 0.410 e. The minimum Gasteiger partial charge on any atom is -0.444 e. The fraction of sp³-hybridized carbons (Fsp3) is 0.444. The van der Waals surface area contributed by atoms with Gasteiger partial charge in [-0.15, -0.1) is 0 Å². The second kappa shape index (κ2) is 6.26. The SMILES string of the molecule is CC(C)(C)OC(=O)N1CCCC1c1noc(-c2cccc3[nH]c(=O)[nH]c23)n1. The number of rotatable bonds is 2. The Balaban J connectivity index is 1.64. The third-order valence-corrected chi connectivity index (χ3v) is 4.40. The van der Waals surface area contributed by atoms with E-state index >= 15 is 0 Å². The van der Waals surface area contributed by atoms with Crippen LogP contribution in [0.2, 0.25) is 0 Å². The van der Waals surface area contributed by atoms with Crippen LogP contribution in [0.4, 0.5) is 4.79 Å². The summed E-state index contributed by atoms with van der Waals surface area (Å²) in [5.41, 5.74) is 1.03. The number of benzene rings is 1. The zero-order valence-corrected chi connectivity index (χ0v) is 15.4. The number of carbonyl (C=O) groups is 1. The molecule has 9 heteroatoms. The van der Waals surface area contributed by atoms with Crippen LogP contribution in [0.1, 0.15) is 45.5 Å². The molecule has 1 aliphatic heterocycles. The Morgan fingerprint density at radius 1 is 1.33 bits per heavy atom. The van der Waals surface area contributed by atoms with Gasteiger partial charge in [0.2, 0.25) is 0 Å². The molecule has 0 spiro atoms. The highest BCUT2D eigenvalue weighted by Crippen LogP contribution is 2.33. The summed E-state index contributed by atoms with van der Waals surface area (Å²) < 4.78 is 10.9. The number of aromatic amines is 2. The van der Waals surface area contributed by atoms with Gasteiger partial charge in [0.05, 0.1) is 22.6 Å². The van der Waals surface area contributed by atoms with Gasteiger partial charge in [-0.2, -0.15) is 4.98 Å². The molecule has 2 aromatic heterocycles. The molecule has 27 heavy (non-hydrogen) atoms. The molecule has 1 fully saturated rings. The van der Waals surface area contributed by atoms with Crippen LogP contribution in [0.3, 0.4) is 0 Å². The lowest BCUT2D eigenvalue weighted by Crippen LogP contribution is -2.36. The Hall–Kier alpha value is -3.10. The number of imidazole rings is 1. The minimum absolute atomic E-state index is 0.290. The van der Waals surface area contributed by atoms with Gasteiger partial charge in [0.1, 0.15) is 5.60 Å². The normalized spacial score (nSPS) is 17.6. The Bertz CT molecular complexity index is 1040. The number of aromatic nitrogens is 4. The summed E-state index contributed by atoms with van der Waals surface area (Å²) in [6.07, 6.45) is 1.20. The van der Waals surface area contributed by atoms with Crippen molar-refractivity contribution in [3.63, 3.8) is 0 Å². The van der Waals surface area contributed by atoms with E-state index in [-0.39, 0.29) is 17.8 Å². The number of nitrogens with one attached hydrogen (secondary N) is 2. The molecule has 1 aliphatic rings. The molecule has 142 valence electrons. The maximum absolute atomic E-state index is 12.5. The molecule has 1 unspecified atom stereocenters. The summed E-state index contributed by atoms with van der Waals surface area (Å²) in [4.78, 5) is 35.6. The van der Waals surface area contributed by atoms with E-state index in [1.54, 1.807) is 23.1 Å². The van der Waals surface area contributed by atoms with E-state index in [0.717, 1.165) is 12.8 Å². The van der Waals surface area contributed by atoms with E-state index in [9.17, 15) is 9.59 Å². The monoisotopic (exact) mass is 371 g/mol. The van der Waals surface area contributed by atoms with Crippen LogP contribution in [-0.4, -0.2) is 43.2 Å². The highest BCUT2D eigenvalue weighted by Gasteiger charge is 2.36. The summed E-state index contributed by atoms with van der Waals surface area (Å²) in [6.45, 7) is 6.09. The average Bonchev–Trinajstić information content (AvgIpc) is 3.30. The van der Waals surface area contributed by atoms with Gasteiger partial charge in [-0.3, -0.25) is 4.90 Å². The van der Waals surface area contributed by atoms with Gasteiger partial charge >= 0.3 is 11.8 Å². The van der Waals surface area contributed by atoms with Gasteiger partial charge in [-0.05, 0) is 45.7 Å². The smallest absolute Gasteiger partial charge is 0.410 e. The number of fused-ring (bicyclic) bond motifs is 1. The molecule has 0 radical (unpaired) electrons. The lowest BCUT2D eigenvalue weighted by molar-refractivity contribution is 0.0217. The Morgan fingerprint density at radius 3 is 2.93 bits per heavy atom. The molecule has 1 saturated heterocycles. The standard InChI is InChI=1S/C18H21N5O4/c1-18(2,3)26-17(25)23-9-5-8-12(23)14-21-15(27-22-14)10-6-4-7-11-13(10)20-16(24)19-11/h4,6-7,12H,5,8-9H2,1-3H3,(H2,19,20,24).